The smallest absolute Gasteiger partial charge is 0.340 e. The van der Waals surface area contributed by atoms with Crippen LogP contribution in [0.5, 0.6) is 0 Å². The number of carbonyl (C=O) groups excluding carboxylic acids is 8. The monoisotopic (exact) mass is 821 g/mol. The van der Waals surface area contributed by atoms with Crippen molar-refractivity contribution in [2.45, 2.75) is 134 Å². The van der Waals surface area contributed by atoms with Gasteiger partial charge in [-0.15, -0.1) is 0 Å². The van der Waals surface area contributed by atoms with Crippen LogP contribution in [-0.2, 0) is 82.6 Å². The lowest BCUT2D eigenvalue weighted by atomic mass is 9.45. The lowest BCUT2D eigenvalue weighted by molar-refractivity contribution is -0.387. The lowest BCUT2D eigenvalue weighted by Crippen LogP contribution is -2.89. The Morgan fingerprint density at radius 2 is 1.31 bits per heavy atom. The Morgan fingerprint density at radius 3 is 1.86 bits per heavy atom. The molecule has 5 rings (SSSR count). The normalized spacial score (nSPS) is 37.9. The summed E-state index contributed by atoms with van der Waals surface area (Å²) in [7, 11) is 0. The van der Waals surface area contributed by atoms with E-state index >= 15 is 0 Å². The van der Waals surface area contributed by atoms with Crippen LogP contribution in [0.15, 0.2) is 18.3 Å². The minimum absolute atomic E-state index is 0.0880. The summed E-state index contributed by atoms with van der Waals surface area (Å²) in [5.74, 6) is -10.4. The molecule has 2 aliphatic carbocycles. The van der Waals surface area contributed by atoms with Gasteiger partial charge in [0.1, 0.15) is 42.0 Å². The van der Waals surface area contributed by atoms with Crippen molar-refractivity contribution >= 4 is 47.8 Å². The highest BCUT2D eigenvalue weighted by atomic mass is 16.7. The van der Waals surface area contributed by atoms with Gasteiger partial charge in [0.2, 0.25) is 0 Å². The maximum Gasteiger partial charge on any atom is 0.340 e. The molecule has 4 aliphatic rings. The number of cyclic esters (lactones) is 1. The number of hydrogen-bond donors (Lipinski definition) is 2. The highest BCUT2D eigenvalue weighted by Crippen LogP contribution is 2.70. The zero-order valence-corrected chi connectivity index (χ0v) is 33.4. The van der Waals surface area contributed by atoms with Crippen LogP contribution in [0.1, 0.15) is 84.8 Å². The minimum atomic E-state index is -2.93. The van der Waals surface area contributed by atoms with E-state index in [9.17, 15) is 48.6 Å². The van der Waals surface area contributed by atoms with E-state index in [0.717, 1.165) is 55.4 Å². The third-order valence-electron chi connectivity index (χ3n) is 11.2. The standard InChI is InChI=1S/C38H47NO19/c1-17(40)50-16-37-30(55-21(5)44)26(52-18(2)41)25-28(54-20(4)43)38(37)36(9,49)29(27(53-19(3)42)31(37)56-22(6)45)57-33(47)34(7,48)13-12-24-23(11-10-14-39-24)32(46)51-15-35(25,8)58-38/h10-11,14,25-31,48-49H,12-13,15-16H2,1-9H3/t25-,26-,27+,28-,29+,30-,31+,34-,35+,36+,37-,38+/m1/s1. The lowest BCUT2D eigenvalue weighted by Gasteiger charge is -2.67. The highest BCUT2D eigenvalue weighted by molar-refractivity contribution is 5.90. The van der Waals surface area contributed by atoms with E-state index < -0.39 is 138 Å². The summed E-state index contributed by atoms with van der Waals surface area (Å²) >= 11 is 0. The fourth-order valence-corrected chi connectivity index (χ4v) is 9.15. The SMILES string of the molecule is CC(=O)OC[C@]12[C@H](OC(C)=O)[C@H](OC(C)=O)[C@@H]3[C@@H](OC(C)=O)[C@@]14O[C@@]3(C)COC(=O)c1cccnc1CC[C@@](C)(O)C(=O)O[C@@H]([C@H](OC(C)=O)[C@@H]2OC(C)=O)[C@]4(C)O. The summed E-state index contributed by atoms with van der Waals surface area (Å²) in [5.41, 5.74) is -12.9. The molecule has 318 valence electrons. The molecule has 4 bridgehead atoms. The summed E-state index contributed by atoms with van der Waals surface area (Å²) in [5, 5.41) is 25.0. The van der Waals surface area contributed by atoms with Gasteiger partial charge in [-0.3, -0.25) is 33.8 Å². The number of fused-ring (bicyclic) bond motifs is 5. The molecule has 20 heteroatoms. The average molecular weight is 822 g/mol. The van der Waals surface area contributed by atoms with E-state index in [0.29, 0.717) is 0 Å². The molecule has 0 amide bonds. The molecule has 2 saturated carbocycles. The van der Waals surface area contributed by atoms with Crippen molar-refractivity contribution in [3.05, 3.63) is 29.6 Å². The van der Waals surface area contributed by atoms with Crippen LogP contribution in [0.3, 0.4) is 0 Å². The number of carbonyl (C=O) groups is 8. The van der Waals surface area contributed by atoms with Gasteiger partial charge < -0.3 is 52.8 Å². The fraction of sp³-hybridized carbons (Fsp3) is 0.658. The maximum atomic E-state index is 14.2. The number of nitrogens with zero attached hydrogens (tertiary/aromatic N) is 1. The predicted octanol–water partition coefficient (Wildman–Crippen LogP) is -0.0225. The first-order chi connectivity index (χ1) is 26.9. The third kappa shape index (κ3) is 7.25. The maximum absolute atomic E-state index is 14.2. The summed E-state index contributed by atoms with van der Waals surface area (Å²) in [6.07, 6.45) is -11.7. The molecule has 58 heavy (non-hydrogen) atoms. The van der Waals surface area contributed by atoms with Crippen molar-refractivity contribution in [2.24, 2.45) is 11.3 Å². The first-order valence-corrected chi connectivity index (χ1v) is 18.3. The van der Waals surface area contributed by atoms with Crippen molar-refractivity contribution in [3.63, 3.8) is 0 Å². The van der Waals surface area contributed by atoms with Crippen LogP contribution in [0.25, 0.3) is 0 Å². The molecule has 3 heterocycles. The molecule has 20 nitrogen and oxygen atoms in total. The first kappa shape index (κ1) is 43.9. The van der Waals surface area contributed by atoms with Crippen LogP contribution in [0.4, 0.5) is 0 Å². The number of aliphatic hydroxyl groups is 2. The second kappa shape index (κ2) is 15.5. The van der Waals surface area contributed by atoms with Gasteiger partial charge in [-0.05, 0) is 45.7 Å². The highest BCUT2D eigenvalue weighted by Gasteiger charge is 2.92. The topological polar surface area (TPSA) is 273 Å². The zero-order chi connectivity index (χ0) is 43.3. The minimum Gasteiger partial charge on any atom is -0.465 e. The van der Waals surface area contributed by atoms with Crippen LogP contribution >= 0.6 is 0 Å². The number of pyridine rings is 1. The Bertz CT molecular complexity index is 1890. The molecule has 0 radical (unpaired) electrons. The molecule has 0 aromatic carbocycles. The van der Waals surface area contributed by atoms with Crippen LogP contribution in [-0.4, -0.2) is 135 Å². The van der Waals surface area contributed by atoms with Crippen LogP contribution in [0, 0.1) is 11.3 Å². The van der Waals surface area contributed by atoms with E-state index in [1.54, 1.807) is 0 Å². The molecule has 2 aliphatic heterocycles. The van der Waals surface area contributed by atoms with Gasteiger partial charge in [-0.2, -0.15) is 0 Å². The Balaban J connectivity index is 2.01. The van der Waals surface area contributed by atoms with Crippen LogP contribution < -0.4 is 0 Å². The number of aromatic nitrogens is 1. The quantitative estimate of drug-likeness (QED) is 0.270. The number of hydrogen-bond acceptors (Lipinski definition) is 20. The second-order valence-electron chi connectivity index (χ2n) is 15.6. The summed E-state index contributed by atoms with van der Waals surface area (Å²) in [6.45, 7) is 7.30. The number of esters is 8. The van der Waals surface area contributed by atoms with E-state index in [4.69, 9.17) is 42.6 Å². The Hall–Kier alpha value is -5.21. The van der Waals surface area contributed by atoms with E-state index in [1.807, 2.05) is 0 Å². The van der Waals surface area contributed by atoms with Gasteiger partial charge >= 0.3 is 47.8 Å². The largest absolute Gasteiger partial charge is 0.465 e. The zero-order valence-electron chi connectivity index (χ0n) is 33.4. The van der Waals surface area contributed by atoms with Gasteiger partial charge in [0.15, 0.2) is 35.6 Å². The van der Waals surface area contributed by atoms with Crippen molar-refractivity contribution in [2.75, 3.05) is 13.2 Å². The van der Waals surface area contributed by atoms with Gasteiger partial charge in [0.25, 0.3) is 0 Å². The predicted molar refractivity (Wildman–Crippen MR) is 187 cm³/mol. The van der Waals surface area contributed by atoms with Crippen molar-refractivity contribution < 1.29 is 91.2 Å². The van der Waals surface area contributed by atoms with Crippen molar-refractivity contribution in [3.8, 4) is 0 Å². The molecule has 3 fully saturated rings. The molecular formula is C38H47NO19. The van der Waals surface area contributed by atoms with Crippen molar-refractivity contribution in [1.29, 1.82) is 0 Å². The van der Waals surface area contributed by atoms with Crippen LogP contribution in [0.2, 0.25) is 0 Å². The number of rotatable bonds is 7. The summed E-state index contributed by atoms with van der Waals surface area (Å²) < 4.78 is 53.8. The number of aryl methyl sites for hydroxylation is 1. The molecule has 1 aromatic heterocycles. The molecular weight excluding hydrogens is 774 g/mol. The van der Waals surface area contributed by atoms with E-state index in [-0.39, 0.29) is 17.7 Å². The second-order valence-corrected chi connectivity index (χ2v) is 15.6. The average Bonchev–Trinajstić information content (AvgIpc) is 3.32. The Morgan fingerprint density at radius 1 is 0.776 bits per heavy atom. The van der Waals surface area contributed by atoms with Gasteiger partial charge in [0.05, 0.1) is 17.2 Å². The van der Waals surface area contributed by atoms with E-state index in [1.165, 1.54) is 25.3 Å². The summed E-state index contributed by atoms with van der Waals surface area (Å²) in [4.78, 5) is 111. The number of ether oxygens (including phenoxy) is 9. The Labute approximate surface area is 332 Å². The van der Waals surface area contributed by atoms with Gasteiger partial charge in [-0.25, -0.2) is 9.59 Å². The summed E-state index contributed by atoms with van der Waals surface area (Å²) in [6, 6.07) is 2.81. The molecule has 1 spiro atoms. The van der Waals surface area contributed by atoms with Gasteiger partial charge in [0, 0.05) is 47.7 Å². The fourth-order valence-electron chi connectivity index (χ4n) is 9.15. The molecule has 0 unspecified atom stereocenters. The molecule has 2 N–H and O–H groups in total. The molecule has 12 atom stereocenters. The van der Waals surface area contributed by atoms with Crippen molar-refractivity contribution in [1.82, 2.24) is 4.98 Å². The van der Waals surface area contributed by atoms with Gasteiger partial charge in [-0.1, -0.05) is 0 Å². The first-order valence-electron chi connectivity index (χ1n) is 18.3. The third-order valence-corrected chi connectivity index (χ3v) is 11.2. The molecule has 1 aromatic rings. The molecule has 1 saturated heterocycles. The Kier molecular flexibility index (Phi) is 11.7. The van der Waals surface area contributed by atoms with E-state index in [2.05, 4.69) is 4.98 Å².